The second kappa shape index (κ2) is 6.92. The number of nitrogens with zero attached hydrogens (tertiary/aromatic N) is 3. The number of amides is 2. The molecule has 2 saturated heterocycles. The van der Waals surface area contributed by atoms with E-state index in [-0.39, 0.29) is 29.7 Å². The summed E-state index contributed by atoms with van der Waals surface area (Å²) in [6, 6.07) is 13.7. The summed E-state index contributed by atoms with van der Waals surface area (Å²) in [4.78, 5) is 33.0. The van der Waals surface area contributed by atoms with E-state index in [0.29, 0.717) is 36.7 Å². The molecule has 29 heavy (non-hydrogen) atoms. The number of rotatable bonds is 3. The number of carbonyl (C=O) groups is 2. The molecule has 2 aliphatic rings. The monoisotopic (exact) mass is 390 g/mol. The molecule has 0 radical (unpaired) electrons. The van der Waals surface area contributed by atoms with Gasteiger partial charge in [-0.05, 0) is 24.6 Å². The van der Waals surface area contributed by atoms with E-state index in [9.17, 15) is 9.59 Å². The fourth-order valence-electron chi connectivity index (χ4n) is 4.79. The highest BCUT2D eigenvalue weighted by atomic mass is 16.5. The maximum Gasteiger partial charge on any atom is 0.270 e. The van der Waals surface area contributed by atoms with Crippen LogP contribution in [0.5, 0.6) is 0 Å². The highest BCUT2D eigenvalue weighted by Crippen LogP contribution is 2.45. The lowest BCUT2D eigenvalue weighted by atomic mass is 9.89. The number of likely N-dealkylation sites (tertiary alicyclic amines) is 2. The Morgan fingerprint density at radius 2 is 1.90 bits per heavy atom. The molecular weight excluding hydrogens is 368 g/mol. The van der Waals surface area contributed by atoms with Crippen molar-refractivity contribution in [3.05, 3.63) is 77.4 Å². The zero-order valence-corrected chi connectivity index (χ0v) is 16.1. The Kier molecular flexibility index (Phi) is 4.23. The molecule has 2 aliphatic heterocycles. The lowest BCUT2D eigenvalue weighted by Gasteiger charge is -2.29. The van der Waals surface area contributed by atoms with Gasteiger partial charge in [-0.2, -0.15) is 0 Å². The molecule has 0 saturated carbocycles. The molecule has 2 aromatic heterocycles. The number of hydrogen-bond donors (Lipinski definition) is 1. The lowest BCUT2D eigenvalue weighted by Crippen LogP contribution is -2.37. The van der Waals surface area contributed by atoms with Crippen LogP contribution in [0.3, 0.4) is 0 Å². The summed E-state index contributed by atoms with van der Waals surface area (Å²) in [7, 11) is 0. The van der Waals surface area contributed by atoms with Crippen molar-refractivity contribution in [1.29, 1.82) is 0 Å². The van der Waals surface area contributed by atoms with Crippen molar-refractivity contribution in [1.82, 2.24) is 19.9 Å². The molecule has 0 unspecified atom stereocenters. The van der Waals surface area contributed by atoms with Crippen LogP contribution < -0.4 is 0 Å². The lowest BCUT2D eigenvalue weighted by molar-refractivity contribution is 0.0672. The summed E-state index contributed by atoms with van der Waals surface area (Å²) < 4.78 is 5.07. The molecule has 7 heteroatoms. The van der Waals surface area contributed by atoms with Crippen LogP contribution in [0.15, 0.2) is 59.4 Å². The van der Waals surface area contributed by atoms with E-state index in [2.05, 4.69) is 22.3 Å². The Balaban J connectivity index is 1.44. The number of fused-ring (bicyclic) bond motifs is 1. The molecule has 148 valence electrons. The summed E-state index contributed by atoms with van der Waals surface area (Å²) >= 11 is 0. The van der Waals surface area contributed by atoms with Gasteiger partial charge in [-0.3, -0.25) is 9.59 Å². The molecule has 3 aromatic rings. The number of hydrogen-bond acceptors (Lipinski definition) is 4. The van der Waals surface area contributed by atoms with Gasteiger partial charge in [-0.25, -0.2) is 0 Å². The number of H-pyrrole nitrogens is 1. The second-order valence-corrected chi connectivity index (χ2v) is 7.83. The number of nitrogens with one attached hydrogen (secondary N) is 1. The first-order chi connectivity index (χ1) is 14.1. The van der Waals surface area contributed by atoms with Crippen LogP contribution in [-0.4, -0.2) is 51.4 Å². The average Bonchev–Trinajstić information content (AvgIpc) is 3.51. The molecule has 3 atom stereocenters. The molecule has 2 fully saturated rings. The molecule has 0 aliphatic carbocycles. The van der Waals surface area contributed by atoms with Crippen molar-refractivity contribution < 1.29 is 14.1 Å². The Morgan fingerprint density at radius 3 is 2.59 bits per heavy atom. The van der Waals surface area contributed by atoms with Crippen molar-refractivity contribution in [3.63, 3.8) is 0 Å². The van der Waals surface area contributed by atoms with Gasteiger partial charge in [-0.1, -0.05) is 35.5 Å². The Labute approximate surface area is 168 Å². The summed E-state index contributed by atoms with van der Waals surface area (Å²) in [5.41, 5.74) is 2.22. The molecular formula is C22H22N4O3. The van der Waals surface area contributed by atoms with Crippen LogP contribution in [0, 0.1) is 18.8 Å². The minimum Gasteiger partial charge on any atom is -0.361 e. The van der Waals surface area contributed by atoms with Gasteiger partial charge in [0.15, 0.2) is 0 Å². The molecule has 7 nitrogen and oxygen atoms in total. The summed E-state index contributed by atoms with van der Waals surface area (Å²) in [6.07, 6.45) is 3.25. The first-order valence-corrected chi connectivity index (χ1v) is 9.83. The molecule has 0 spiro atoms. The van der Waals surface area contributed by atoms with Crippen LogP contribution >= 0.6 is 0 Å². The van der Waals surface area contributed by atoms with Crippen LogP contribution in [0.2, 0.25) is 0 Å². The van der Waals surface area contributed by atoms with Gasteiger partial charge in [-0.15, -0.1) is 0 Å². The standard InChI is InChI=1S/C22H22N4O3/c1-14-17(10-24-29-14)21(27)25-11-16-12-26(22(28)19-8-5-9-23-19)20(18(16)13-25)15-6-3-2-4-7-15/h2-10,16,18,20,23H,11-13H2,1H3/t16-,18-,20+/m0/s1. The topological polar surface area (TPSA) is 82.4 Å². The highest BCUT2D eigenvalue weighted by molar-refractivity contribution is 5.95. The number of carbonyl (C=O) groups excluding carboxylic acids is 2. The summed E-state index contributed by atoms with van der Waals surface area (Å²) in [6.45, 7) is 3.63. The van der Waals surface area contributed by atoms with Gasteiger partial charge in [0.1, 0.15) is 17.0 Å². The fourth-order valence-corrected chi connectivity index (χ4v) is 4.79. The maximum absolute atomic E-state index is 13.2. The van der Waals surface area contributed by atoms with Crippen molar-refractivity contribution >= 4 is 11.8 Å². The van der Waals surface area contributed by atoms with Gasteiger partial charge in [0.25, 0.3) is 11.8 Å². The fraction of sp³-hybridized carbons (Fsp3) is 0.318. The normalized spacial score (nSPS) is 23.4. The van der Waals surface area contributed by atoms with Crippen molar-refractivity contribution in [2.45, 2.75) is 13.0 Å². The van der Waals surface area contributed by atoms with Crippen molar-refractivity contribution in [2.75, 3.05) is 19.6 Å². The van der Waals surface area contributed by atoms with Crippen LogP contribution in [0.4, 0.5) is 0 Å². The first-order valence-electron chi connectivity index (χ1n) is 9.83. The van der Waals surface area contributed by atoms with E-state index >= 15 is 0 Å². The van der Waals surface area contributed by atoms with Gasteiger partial charge in [0.2, 0.25) is 0 Å². The zero-order valence-electron chi connectivity index (χ0n) is 16.1. The Hall–Kier alpha value is -3.35. The minimum absolute atomic E-state index is 0.00556. The van der Waals surface area contributed by atoms with E-state index in [1.54, 1.807) is 13.1 Å². The quantitative estimate of drug-likeness (QED) is 0.745. The Bertz CT molecular complexity index is 1030. The SMILES string of the molecule is Cc1oncc1C(=O)N1C[C@H]2CN(C(=O)c3ccc[nH]3)[C@H](c3ccccc3)[C@H]2C1. The minimum atomic E-state index is -0.0571. The predicted octanol–water partition coefficient (Wildman–Crippen LogP) is 2.90. The van der Waals surface area contributed by atoms with E-state index in [1.165, 1.54) is 6.20 Å². The third kappa shape index (κ3) is 2.93. The second-order valence-electron chi connectivity index (χ2n) is 7.83. The largest absolute Gasteiger partial charge is 0.361 e. The molecule has 2 amide bonds. The highest BCUT2D eigenvalue weighted by Gasteiger charge is 2.50. The molecule has 1 aromatic carbocycles. The van der Waals surface area contributed by atoms with E-state index in [0.717, 1.165) is 5.56 Å². The Morgan fingerprint density at radius 1 is 1.07 bits per heavy atom. The van der Waals surface area contributed by atoms with Gasteiger partial charge < -0.3 is 19.3 Å². The molecule has 0 bridgehead atoms. The van der Waals surface area contributed by atoms with E-state index in [1.807, 2.05) is 40.1 Å². The molecule has 1 N–H and O–H groups in total. The first kappa shape index (κ1) is 17.7. The predicted molar refractivity (Wildman–Crippen MR) is 105 cm³/mol. The van der Waals surface area contributed by atoms with Crippen LogP contribution in [0.25, 0.3) is 0 Å². The zero-order chi connectivity index (χ0) is 20.0. The van der Waals surface area contributed by atoms with E-state index < -0.39 is 0 Å². The summed E-state index contributed by atoms with van der Waals surface area (Å²) in [5, 5.41) is 3.73. The summed E-state index contributed by atoms with van der Waals surface area (Å²) in [5.74, 6) is 0.928. The van der Waals surface area contributed by atoms with Crippen LogP contribution in [0.1, 0.15) is 38.2 Å². The van der Waals surface area contributed by atoms with Gasteiger partial charge in [0.05, 0.1) is 12.2 Å². The number of aryl methyl sites for hydroxylation is 1. The van der Waals surface area contributed by atoms with Gasteiger partial charge in [0, 0.05) is 37.7 Å². The van der Waals surface area contributed by atoms with Crippen molar-refractivity contribution in [3.8, 4) is 0 Å². The maximum atomic E-state index is 13.2. The average molecular weight is 390 g/mol. The molecule has 5 rings (SSSR count). The third-order valence-electron chi connectivity index (χ3n) is 6.16. The van der Waals surface area contributed by atoms with Gasteiger partial charge >= 0.3 is 0 Å². The number of benzene rings is 1. The van der Waals surface area contributed by atoms with Crippen molar-refractivity contribution in [2.24, 2.45) is 11.8 Å². The smallest absolute Gasteiger partial charge is 0.270 e. The van der Waals surface area contributed by atoms with E-state index in [4.69, 9.17) is 4.52 Å². The number of aromatic nitrogens is 2. The van der Waals surface area contributed by atoms with Crippen LogP contribution in [-0.2, 0) is 0 Å². The third-order valence-corrected chi connectivity index (χ3v) is 6.16. The number of aromatic amines is 1. The molecule has 4 heterocycles.